The lowest BCUT2D eigenvalue weighted by atomic mass is 10.1. The Hall–Kier alpha value is -3.88. The molecule has 0 fully saturated rings. The van der Waals surface area contributed by atoms with Crippen molar-refractivity contribution in [3.63, 3.8) is 0 Å². The number of carbonyl (C=O) groups excluding carboxylic acids is 1. The molecule has 2 atom stereocenters. The van der Waals surface area contributed by atoms with Crippen LogP contribution in [0.15, 0.2) is 59.6 Å². The van der Waals surface area contributed by atoms with E-state index in [1.54, 1.807) is 53.5 Å². The predicted molar refractivity (Wildman–Crippen MR) is 121 cm³/mol. The molecule has 32 heavy (non-hydrogen) atoms. The number of imidazole rings is 1. The van der Waals surface area contributed by atoms with Crippen LogP contribution in [0.5, 0.6) is 0 Å². The van der Waals surface area contributed by atoms with Gasteiger partial charge in [-0.1, -0.05) is 6.92 Å². The summed E-state index contributed by atoms with van der Waals surface area (Å²) in [5, 5.41) is 0. The second kappa shape index (κ2) is 7.67. The number of amides is 1. The van der Waals surface area contributed by atoms with Crippen molar-refractivity contribution < 1.29 is 9.18 Å². The molecular weight excluding hydrogens is 409 g/mol. The van der Waals surface area contributed by atoms with Crippen molar-refractivity contribution in [1.29, 1.82) is 0 Å². The second-order valence-electron chi connectivity index (χ2n) is 7.81. The van der Waals surface area contributed by atoms with Gasteiger partial charge in [0, 0.05) is 31.2 Å². The molecule has 1 amide bonds. The molecule has 0 bridgehead atoms. The molecule has 0 spiro atoms. The maximum absolute atomic E-state index is 13.4. The zero-order chi connectivity index (χ0) is 22.4. The van der Waals surface area contributed by atoms with Gasteiger partial charge < -0.3 is 9.80 Å². The lowest BCUT2D eigenvalue weighted by Gasteiger charge is -2.40. The lowest BCUT2D eigenvalue weighted by molar-refractivity contribution is -0.119. The number of carbonyl (C=O) groups is 1. The predicted octanol–water partition coefficient (Wildman–Crippen LogP) is 3.39. The van der Waals surface area contributed by atoms with Crippen LogP contribution in [-0.2, 0) is 4.79 Å². The summed E-state index contributed by atoms with van der Waals surface area (Å²) in [5.74, 6) is 1.31. The van der Waals surface area contributed by atoms with Gasteiger partial charge in [-0.25, -0.2) is 14.4 Å². The van der Waals surface area contributed by atoms with Gasteiger partial charge in [0.05, 0.1) is 17.9 Å². The minimum absolute atomic E-state index is 0.0140. The highest BCUT2D eigenvalue weighted by atomic mass is 19.1. The van der Waals surface area contributed by atoms with Crippen molar-refractivity contribution in [2.75, 3.05) is 16.8 Å². The highest BCUT2D eigenvalue weighted by Gasteiger charge is 2.39. The molecule has 2 unspecified atom stereocenters. The lowest BCUT2D eigenvalue weighted by Crippen LogP contribution is -2.52. The Kier molecular flexibility index (Phi) is 4.80. The number of hydrogen-bond acceptors (Lipinski definition) is 6. The molecular formula is C23H22FN7O. The summed E-state index contributed by atoms with van der Waals surface area (Å²) in [5.41, 5.74) is 2.22. The number of rotatable bonds is 4. The summed E-state index contributed by atoms with van der Waals surface area (Å²) in [6.45, 7) is 3.98. The highest BCUT2D eigenvalue weighted by Crippen LogP contribution is 2.38. The van der Waals surface area contributed by atoms with Crippen LogP contribution in [0.4, 0.5) is 15.9 Å². The van der Waals surface area contributed by atoms with Crippen LogP contribution >= 0.6 is 0 Å². The monoisotopic (exact) mass is 431 g/mol. The standard InChI is InChI=1S/C23H22FN7O/c1-4-18-22(32)29(3)19-13-27-23(28-21(19)31(18)17-11-14(2)26-12-17)30-10-9-25-20(30)15-5-7-16(24)8-6-15/h5-14,18H,4H2,1-3H3. The van der Waals surface area contributed by atoms with Crippen LogP contribution in [0, 0.1) is 5.82 Å². The first-order chi connectivity index (χ1) is 15.5. The van der Waals surface area contributed by atoms with E-state index < -0.39 is 6.04 Å². The third-order valence-corrected chi connectivity index (χ3v) is 5.73. The van der Waals surface area contributed by atoms with Gasteiger partial charge in [-0.3, -0.25) is 14.4 Å². The fraction of sp³-hybridized carbons (Fsp3) is 0.261. The molecule has 162 valence electrons. The van der Waals surface area contributed by atoms with E-state index in [4.69, 9.17) is 4.98 Å². The first-order valence-electron chi connectivity index (χ1n) is 10.5. The van der Waals surface area contributed by atoms with E-state index in [0.29, 0.717) is 29.7 Å². The van der Waals surface area contributed by atoms with Crippen molar-refractivity contribution in [1.82, 2.24) is 19.5 Å². The Morgan fingerprint density at radius 1 is 1.16 bits per heavy atom. The number of allylic oxidation sites excluding steroid dienone is 1. The summed E-state index contributed by atoms with van der Waals surface area (Å²) >= 11 is 0. The number of hydrogen-bond donors (Lipinski definition) is 0. The van der Waals surface area contributed by atoms with E-state index in [1.165, 1.54) is 12.1 Å². The Balaban J connectivity index is 1.65. The van der Waals surface area contributed by atoms with E-state index in [-0.39, 0.29) is 17.8 Å². The maximum Gasteiger partial charge on any atom is 0.250 e. The van der Waals surface area contributed by atoms with Crippen LogP contribution in [0.3, 0.4) is 0 Å². The number of halogens is 1. The van der Waals surface area contributed by atoms with Crippen molar-refractivity contribution >= 4 is 23.6 Å². The van der Waals surface area contributed by atoms with Gasteiger partial charge in [-0.2, -0.15) is 4.98 Å². The minimum atomic E-state index is -0.391. The van der Waals surface area contributed by atoms with Gasteiger partial charge in [0.15, 0.2) is 5.82 Å². The highest BCUT2D eigenvalue weighted by molar-refractivity contribution is 6.07. The molecule has 2 aliphatic rings. The fourth-order valence-electron chi connectivity index (χ4n) is 4.09. The summed E-state index contributed by atoms with van der Waals surface area (Å²) in [4.78, 5) is 34.8. The van der Waals surface area contributed by atoms with Gasteiger partial charge in [0.1, 0.15) is 23.4 Å². The molecule has 0 radical (unpaired) electrons. The van der Waals surface area contributed by atoms with E-state index >= 15 is 0 Å². The number of fused-ring (bicyclic) bond motifs is 1. The third kappa shape index (κ3) is 3.17. The summed E-state index contributed by atoms with van der Waals surface area (Å²) in [6.07, 6.45) is 9.49. The van der Waals surface area contributed by atoms with Crippen molar-refractivity contribution in [3.05, 3.63) is 60.4 Å². The third-order valence-electron chi connectivity index (χ3n) is 5.73. The zero-order valence-electron chi connectivity index (χ0n) is 18.0. The number of aliphatic imine (C=N–C) groups is 1. The van der Waals surface area contributed by atoms with Gasteiger partial charge in [-0.05, 0) is 43.7 Å². The van der Waals surface area contributed by atoms with Gasteiger partial charge >= 0.3 is 0 Å². The number of benzene rings is 1. The van der Waals surface area contributed by atoms with E-state index in [1.807, 2.05) is 24.8 Å². The van der Waals surface area contributed by atoms with Crippen molar-refractivity contribution in [3.8, 4) is 17.3 Å². The number of aromatic nitrogens is 4. The molecule has 1 aromatic carbocycles. The normalized spacial score (nSPS) is 20.0. The first kappa shape index (κ1) is 20.0. The fourth-order valence-corrected chi connectivity index (χ4v) is 4.09. The van der Waals surface area contributed by atoms with E-state index in [2.05, 4.69) is 15.0 Å². The minimum Gasteiger partial charge on any atom is -0.311 e. The Bertz CT molecular complexity index is 1250. The Labute approximate surface area is 184 Å². The van der Waals surface area contributed by atoms with Gasteiger partial charge in [-0.15, -0.1) is 0 Å². The molecule has 3 aromatic rings. The van der Waals surface area contributed by atoms with Crippen molar-refractivity contribution in [2.45, 2.75) is 32.4 Å². The topological polar surface area (TPSA) is 79.5 Å². The number of likely N-dealkylation sites (N-methyl/N-ethyl adjacent to an activating group) is 1. The average molecular weight is 431 g/mol. The van der Waals surface area contributed by atoms with Gasteiger partial charge in [0.25, 0.3) is 0 Å². The Morgan fingerprint density at radius 3 is 2.62 bits per heavy atom. The molecule has 5 rings (SSSR count). The van der Waals surface area contributed by atoms with Crippen LogP contribution in [0.1, 0.15) is 20.3 Å². The summed E-state index contributed by atoms with van der Waals surface area (Å²) in [7, 11) is 1.74. The molecule has 0 aliphatic carbocycles. The smallest absolute Gasteiger partial charge is 0.250 e. The second-order valence-corrected chi connectivity index (χ2v) is 7.81. The molecule has 0 saturated carbocycles. The largest absolute Gasteiger partial charge is 0.311 e. The molecule has 4 heterocycles. The molecule has 8 nitrogen and oxygen atoms in total. The van der Waals surface area contributed by atoms with Crippen LogP contribution < -0.4 is 9.80 Å². The van der Waals surface area contributed by atoms with Crippen LogP contribution in [-0.4, -0.2) is 50.8 Å². The maximum atomic E-state index is 13.4. The van der Waals surface area contributed by atoms with Gasteiger partial charge in [0.2, 0.25) is 11.9 Å². The molecule has 2 aromatic heterocycles. The SMILES string of the molecule is CCC1C(=O)N(C)c2cnc(-n3ccnc3-c3ccc(F)cc3)nc2N1C1=CC(C)N=C1. The zero-order valence-corrected chi connectivity index (χ0v) is 18.0. The quantitative estimate of drug-likeness (QED) is 0.633. The average Bonchev–Trinajstić information content (AvgIpc) is 3.45. The number of anilines is 2. The molecule has 0 N–H and O–H groups in total. The van der Waals surface area contributed by atoms with Crippen molar-refractivity contribution in [2.24, 2.45) is 4.99 Å². The summed E-state index contributed by atoms with van der Waals surface area (Å²) < 4.78 is 15.1. The van der Waals surface area contributed by atoms with E-state index in [9.17, 15) is 9.18 Å². The van der Waals surface area contributed by atoms with Crippen LogP contribution in [0.25, 0.3) is 17.3 Å². The molecule has 0 saturated heterocycles. The summed E-state index contributed by atoms with van der Waals surface area (Å²) in [6, 6.07) is 5.77. The number of nitrogens with zero attached hydrogens (tertiary/aromatic N) is 7. The molecule has 9 heteroatoms. The molecule has 2 aliphatic heterocycles. The van der Waals surface area contributed by atoms with Crippen LogP contribution in [0.2, 0.25) is 0 Å². The van der Waals surface area contributed by atoms with E-state index in [0.717, 1.165) is 11.3 Å². The first-order valence-corrected chi connectivity index (χ1v) is 10.5. The Morgan fingerprint density at radius 2 is 1.94 bits per heavy atom.